The van der Waals surface area contributed by atoms with Crippen molar-refractivity contribution in [3.8, 4) is 0 Å². The third-order valence-corrected chi connectivity index (χ3v) is 3.19. The molecule has 20 heavy (non-hydrogen) atoms. The maximum absolute atomic E-state index is 5.78. The molecule has 0 saturated heterocycles. The van der Waals surface area contributed by atoms with Crippen LogP contribution in [0.3, 0.4) is 0 Å². The van der Waals surface area contributed by atoms with Gasteiger partial charge >= 0.3 is 0 Å². The lowest BCUT2D eigenvalue weighted by molar-refractivity contribution is 0.544. The summed E-state index contributed by atoms with van der Waals surface area (Å²) < 4.78 is 5.78. The molecule has 0 bridgehead atoms. The molecule has 0 radical (unpaired) electrons. The van der Waals surface area contributed by atoms with E-state index < -0.39 is 0 Å². The van der Waals surface area contributed by atoms with Crippen molar-refractivity contribution in [2.45, 2.75) is 26.2 Å². The van der Waals surface area contributed by atoms with Gasteiger partial charge in [0.1, 0.15) is 11.3 Å². The van der Waals surface area contributed by atoms with Crippen molar-refractivity contribution >= 4 is 16.9 Å². The highest BCUT2D eigenvalue weighted by atomic mass is 16.3. The molecule has 2 rings (SSSR count). The van der Waals surface area contributed by atoms with Crippen molar-refractivity contribution in [1.29, 1.82) is 0 Å². The zero-order valence-corrected chi connectivity index (χ0v) is 12.3. The van der Waals surface area contributed by atoms with Gasteiger partial charge in [-0.25, -0.2) is 0 Å². The summed E-state index contributed by atoms with van der Waals surface area (Å²) in [6.07, 6.45) is 3.19. The second-order valence-electron chi connectivity index (χ2n) is 4.78. The maximum atomic E-state index is 5.78. The van der Waals surface area contributed by atoms with Gasteiger partial charge in [-0.3, -0.25) is 4.99 Å². The van der Waals surface area contributed by atoms with Crippen LogP contribution in [-0.2, 0) is 6.42 Å². The summed E-state index contributed by atoms with van der Waals surface area (Å²) >= 11 is 0. The lowest BCUT2D eigenvalue weighted by Gasteiger charge is -2.10. The number of para-hydroxylation sites is 1. The summed E-state index contributed by atoms with van der Waals surface area (Å²) in [6, 6.07) is 10.2. The van der Waals surface area contributed by atoms with Crippen LogP contribution in [0.15, 0.2) is 39.7 Å². The lowest BCUT2D eigenvalue weighted by Crippen LogP contribution is -2.38. The number of nitrogens with zero attached hydrogens (tertiary/aromatic N) is 1. The predicted octanol–water partition coefficient (Wildman–Crippen LogP) is 2.94. The van der Waals surface area contributed by atoms with Gasteiger partial charge in [0, 0.05) is 31.9 Å². The zero-order valence-electron chi connectivity index (χ0n) is 12.3. The minimum Gasteiger partial charge on any atom is -0.461 e. The van der Waals surface area contributed by atoms with E-state index in [0.717, 1.165) is 48.6 Å². The van der Waals surface area contributed by atoms with Crippen LogP contribution >= 0.6 is 0 Å². The zero-order chi connectivity index (χ0) is 14.2. The molecule has 1 aromatic carbocycles. The number of furan rings is 1. The van der Waals surface area contributed by atoms with E-state index >= 15 is 0 Å². The highest BCUT2D eigenvalue weighted by molar-refractivity contribution is 5.79. The topological polar surface area (TPSA) is 49.6 Å². The van der Waals surface area contributed by atoms with E-state index in [1.807, 2.05) is 18.2 Å². The Bertz CT molecular complexity index is 527. The van der Waals surface area contributed by atoms with Crippen molar-refractivity contribution in [2.75, 3.05) is 20.1 Å². The summed E-state index contributed by atoms with van der Waals surface area (Å²) in [4.78, 5) is 4.20. The Balaban J connectivity index is 1.79. The van der Waals surface area contributed by atoms with E-state index in [2.05, 4.69) is 34.7 Å². The van der Waals surface area contributed by atoms with Crippen molar-refractivity contribution in [3.05, 3.63) is 36.1 Å². The van der Waals surface area contributed by atoms with E-state index in [-0.39, 0.29) is 0 Å². The molecule has 0 aliphatic heterocycles. The van der Waals surface area contributed by atoms with E-state index in [1.54, 1.807) is 7.05 Å². The van der Waals surface area contributed by atoms with Gasteiger partial charge in [-0.2, -0.15) is 0 Å². The van der Waals surface area contributed by atoms with Crippen molar-refractivity contribution in [2.24, 2.45) is 4.99 Å². The number of benzene rings is 1. The number of hydrogen-bond donors (Lipinski definition) is 2. The van der Waals surface area contributed by atoms with Crippen LogP contribution in [0, 0.1) is 0 Å². The number of fused-ring (bicyclic) bond motifs is 1. The number of guanidine groups is 1. The molecule has 0 aliphatic rings. The minimum absolute atomic E-state index is 0.811. The molecule has 0 unspecified atom stereocenters. The monoisotopic (exact) mass is 273 g/mol. The summed E-state index contributed by atoms with van der Waals surface area (Å²) in [6.45, 7) is 3.95. The van der Waals surface area contributed by atoms with Crippen molar-refractivity contribution < 1.29 is 4.42 Å². The third kappa shape index (κ3) is 4.02. The average molecular weight is 273 g/mol. The Kier molecular flexibility index (Phi) is 5.47. The first-order valence-corrected chi connectivity index (χ1v) is 7.25. The Labute approximate surface area is 120 Å². The normalized spacial score (nSPS) is 11.8. The highest BCUT2D eigenvalue weighted by Crippen LogP contribution is 2.18. The second-order valence-corrected chi connectivity index (χ2v) is 4.78. The van der Waals surface area contributed by atoms with Crippen LogP contribution in [0.25, 0.3) is 11.0 Å². The van der Waals surface area contributed by atoms with Crippen LogP contribution in [0.1, 0.15) is 25.5 Å². The minimum atomic E-state index is 0.811. The van der Waals surface area contributed by atoms with E-state index in [1.165, 1.54) is 6.42 Å². The molecular weight excluding hydrogens is 250 g/mol. The first-order chi connectivity index (χ1) is 9.83. The van der Waals surface area contributed by atoms with Crippen LogP contribution in [0.4, 0.5) is 0 Å². The standard InChI is InChI=1S/C16H23N3O/c1-3-4-10-18-16(17-2)19-11-9-14-12-13-7-5-6-8-15(13)20-14/h5-8,12H,3-4,9-11H2,1-2H3,(H2,17,18,19). The van der Waals surface area contributed by atoms with Crippen LogP contribution in [-0.4, -0.2) is 26.1 Å². The van der Waals surface area contributed by atoms with Gasteiger partial charge in [0.15, 0.2) is 5.96 Å². The first-order valence-electron chi connectivity index (χ1n) is 7.25. The Hall–Kier alpha value is -1.97. The summed E-state index contributed by atoms with van der Waals surface area (Å²) in [5, 5.41) is 7.75. The quantitative estimate of drug-likeness (QED) is 0.483. The fourth-order valence-corrected chi connectivity index (χ4v) is 2.07. The molecule has 1 aromatic heterocycles. The fraction of sp³-hybridized carbons (Fsp3) is 0.438. The van der Waals surface area contributed by atoms with Gasteiger partial charge in [-0.1, -0.05) is 31.5 Å². The molecule has 4 nitrogen and oxygen atoms in total. The highest BCUT2D eigenvalue weighted by Gasteiger charge is 2.03. The Morgan fingerprint density at radius 3 is 2.75 bits per heavy atom. The van der Waals surface area contributed by atoms with Crippen molar-refractivity contribution in [1.82, 2.24) is 10.6 Å². The number of hydrogen-bond acceptors (Lipinski definition) is 2. The summed E-state index contributed by atoms with van der Waals surface area (Å²) in [7, 11) is 1.79. The molecule has 0 aliphatic carbocycles. The van der Waals surface area contributed by atoms with Gasteiger partial charge < -0.3 is 15.1 Å². The molecule has 108 valence electrons. The van der Waals surface area contributed by atoms with E-state index in [9.17, 15) is 0 Å². The largest absolute Gasteiger partial charge is 0.461 e. The molecule has 0 fully saturated rings. The molecule has 2 aromatic rings. The fourth-order valence-electron chi connectivity index (χ4n) is 2.07. The third-order valence-electron chi connectivity index (χ3n) is 3.19. The molecule has 0 saturated carbocycles. The molecule has 2 N–H and O–H groups in total. The van der Waals surface area contributed by atoms with Crippen LogP contribution < -0.4 is 10.6 Å². The van der Waals surface area contributed by atoms with Gasteiger partial charge in [-0.15, -0.1) is 0 Å². The van der Waals surface area contributed by atoms with E-state index in [4.69, 9.17) is 4.42 Å². The molecular formula is C16H23N3O. The number of unbranched alkanes of at least 4 members (excludes halogenated alkanes) is 1. The smallest absolute Gasteiger partial charge is 0.190 e. The number of rotatable bonds is 6. The lowest BCUT2D eigenvalue weighted by atomic mass is 10.2. The molecule has 0 amide bonds. The molecule has 0 atom stereocenters. The summed E-state index contributed by atoms with van der Waals surface area (Å²) in [5.41, 5.74) is 0.952. The summed E-state index contributed by atoms with van der Waals surface area (Å²) in [5.74, 6) is 1.86. The Morgan fingerprint density at radius 2 is 2.00 bits per heavy atom. The van der Waals surface area contributed by atoms with Gasteiger partial charge in [0.05, 0.1) is 0 Å². The SMILES string of the molecule is CCCCNC(=NC)NCCc1cc2ccccc2o1. The Morgan fingerprint density at radius 1 is 1.20 bits per heavy atom. The molecule has 4 heteroatoms. The van der Waals surface area contributed by atoms with E-state index in [0.29, 0.717) is 0 Å². The van der Waals surface area contributed by atoms with Gasteiger partial charge in [-0.05, 0) is 18.6 Å². The van der Waals surface area contributed by atoms with Crippen LogP contribution in [0.2, 0.25) is 0 Å². The molecule has 0 spiro atoms. The predicted molar refractivity (Wildman–Crippen MR) is 84.2 cm³/mol. The van der Waals surface area contributed by atoms with Gasteiger partial charge in [0.2, 0.25) is 0 Å². The molecule has 1 heterocycles. The number of aliphatic imine (C=N–C) groups is 1. The maximum Gasteiger partial charge on any atom is 0.190 e. The average Bonchev–Trinajstić information content (AvgIpc) is 2.88. The number of nitrogens with one attached hydrogen (secondary N) is 2. The van der Waals surface area contributed by atoms with Crippen LogP contribution in [0.5, 0.6) is 0 Å². The first kappa shape index (κ1) is 14.4. The van der Waals surface area contributed by atoms with Gasteiger partial charge in [0.25, 0.3) is 0 Å². The van der Waals surface area contributed by atoms with Crippen molar-refractivity contribution in [3.63, 3.8) is 0 Å². The second kappa shape index (κ2) is 7.58.